The molecular formula is C7H9NO4. The number of aliphatic carboxylic acids is 1. The third-order valence-electron chi connectivity index (χ3n) is 1.47. The fourth-order valence-corrected chi connectivity index (χ4v) is 0.882. The Morgan fingerprint density at radius 2 is 2.42 bits per heavy atom. The van der Waals surface area contributed by atoms with E-state index >= 15 is 0 Å². The van der Waals surface area contributed by atoms with Crippen molar-refractivity contribution in [3.63, 3.8) is 0 Å². The first kappa shape index (κ1) is 8.58. The molecule has 66 valence electrons. The molecule has 12 heavy (non-hydrogen) atoms. The standard InChI is InChI=1S/C7H9NO4/c1-4-5(3-6(9)10)7(11-2)8-12-4/h3H2,1-2H3,(H,9,10). The molecule has 1 N–H and O–H groups in total. The second kappa shape index (κ2) is 3.25. The Kier molecular flexibility index (Phi) is 2.32. The minimum absolute atomic E-state index is 0.126. The Morgan fingerprint density at radius 1 is 1.75 bits per heavy atom. The first-order valence-corrected chi connectivity index (χ1v) is 3.36. The van der Waals surface area contributed by atoms with Gasteiger partial charge in [-0.1, -0.05) is 0 Å². The molecule has 1 aromatic heterocycles. The second-order valence-electron chi connectivity index (χ2n) is 2.30. The minimum Gasteiger partial charge on any atom is -0.481 e. The molecule has 0 saturated carbocycles. The number of rotatable bonds is 3. The lowest BCUT2D eigenvalue weighted by Gasteiger charge is -1.95. The third-order valence-corrected chi connectivity index (χ3v) is 1.47. The van der Waals surface area contributed by atoms with Crippen LogP contribution in [0.3, 0.4) is 0 Å². The van der Waals surface area contributed by atoms with Gasteiger partial charge in [-0.3, -0.25) is 4.79 Å². The highest BCUT2D eigenvalue weighted by Crippen LogP contribution is 2.20. The van der Waals surface area contributed by atoms with Gasteiger partial charge in [-0.05, 0) is 12.1 Å². The molecule has 1 rings (SSSR count). The lowest BCUT2D eigenvalue weighted by atomic mass is 10.2. The predicted octanol–water partition coefficient (Wildman–Crippen LogP) is 0.619. The smallest absolute Gasteiger partial charge is 0.308 e. The summed E-state index contributed by atoms with van der Waals surface area (Å²) in [4.78, 5) is 10.4. The third kappa shape index (κ3) is 1.55. The molecule has 0 aliphatic rings. The van der Waals surface area contributed by atoms with E-state index in [1.807, 2.05) is 0 Å². The molecule has 5 heteroatoms. The van der Waals surface area contributed by atoms with Crippen molar-refractivity contribution in [1.29, 1.82) is 0 Å². The minimum atomic E-state index is -0.931. The lowest BCUT2D eigenvalue weighted by Crippen LogP contribution is -2.01. The van der Waals surface area contributed by atoms with Crippen LogP contribution in [0.4, 0.5) is 0 Å². The second-order valence-corrected chi connectivity index (χ2v) is 2.30. The van der Waals surface area contributed by atoms with Crippen molar-refractivity contribution in [1.82, 2.24) is 5.16 Å². The average molecular weight is 171 g/mol. The van der Waals surface area contributed by atoms with Gasteiger partial charge in [0.05, 0.1) is 19.1 Å². The van der Waals surface area contributed by atoms with Crippen molar-refractivity contribution in [2.75, 3.05) is 7.11 Å². The summed E-state index contributed by atoms with van der Waals surface area (Å²) in [6.07, 6.45) is -0.126. The van der Waals surface area contributed by atoms with Gasteiger partial charge in [0.2, 0.25) is 0 Å². The molecule has 1 heterocycles. The van der Waals surface area contributed by atoms with E-state index in [9.17, 15) is 4.79 Å². The molecule has 0 spiro atoms. The number of aromatic nitrogens is 1. The van der Waals surface area contributed by atoms with Crippen molar-refractivity contribution < 1.29 is 19.2 Å². The number of carbonyl (C=O) groups is 1. The van der Waals surface area contributed by atoms with E-state index in [1.54, 1.807) is 6.92 Å². The Labute approximate surface area is 68.9 Å². The Bertz CT molecular complexity index is 292. The zero-order valence-corrected chi connectivity index (χ0v) is 6.83. The maximum Gasteiger partial charge on any atom is 0.308 e. The van der Waals surface area contributed by atoms with Gasteiger partial charge in [0, 0.05) is 0 Å². The number of carboxylic acids is 1. The largest absolute Gasteiger partial charge is 0.481 e. The summed E-state index contributed by atoms with van der Waals surface area (Å²) in [6, 6.07) is 0. The van der Waals surface area contributed by atoms with Gasteiger partial charge in [-0.25, -0.2) is 0 Å². The highest BCUT2D eigenvalue weighted by molar-refractivity contribution is 5.71. The number of hydrogen-bond acceptors (Lipinski definition) is 4. The van der Waals surface area contributed by atoms with E-state index in [1.165, 1.54) is 7.11 Å². The number of aryl methyl sites for hydroxylation is 1. The van der Waals surface area contributed by atoms with E-state index < -0.39 is 5.97 Å². The zero-order valence-electron chi connectivity index (χ0n) is 6.83. The SMILES string of the molecule is COc1noc(C)c1CC(=O)O. The molecule has 0 aliphatic carbocycles. The molecule has 5 nitrogen and oxygen atoms in total. The van der Waals surface area contributed by atoms with Gasteiger partial charge >= 0.3 is 5.97 Å². The number of nitrogens with zero attached hydrogens (tertiary/aromatic N) is 1. The van der Waals surface area contributed by atoms with Gasteiger partial charge in [0.1, 0.15) is 5.76 Å². The molecule has 0 fully saturated rings. The monoisotopic (exact) mass is 171 g/mol. The summed E-state index contributed by atoms with van der Waals surface area (Å²) in [6.45, 7) is 1.65. The van der Waals surface area contributed by atoms with Crippen LogP contribution in [0.1, 0.15) is 11.3 Å². The molecule has 0 aliphatic heterocycles. The fourth-order valence-electron chi connectivity index (χ4n) is 0.882. The molecule has 0 unspecified atom stereocenters. The molecular weight excluding hydrogens is 162 g/mol. The molecule has 0 atom stereocenters. The van der Waals surface area contributed by atoms with Gasteiger partial charge in [-0.2, -0.15) is 0 Å². The van der Waals surface area contributed by atoms with Crippen LogP contribution in [0.5, 0.6) is 5.88 Å². The first-order chi connectivity index (χ1) is 5.65. The highest BCUT2D eigenvalue weighted by atomic mass is 16.5. The number of ether oxygens (including phenoxy) is 1. The molecule has 1 aromatic rings. The van der Waals surface area contributed by atoms with Crippen molar-refractivity contribution >= 4 is 5.97 Å². The normalized spacial score (nSPS) is 9.83. The maximum absolute atomic E-state index is 10.4. The topological polar surface area (TPSA) is 72.6 Å². The Balaban J connectivity index is 2.94. The zero-order chi connectivity index (χ0) is 9.14. The molecule has 0 aromatic carbocycles. The van der Waals surface area contributed by atoms with Crippen LogP contribution in [0.15, 0.2) is 4.52 Å². The van der Waals surface area contributed by atoms with Crippen LogP contribution >= 0.6 is 0 Å². The van der Waals surface area contributed by atoms with E-state index in [2.05, 4.69) is 5.16 Å². The molecule has 0 saturated heterocycles. The number of carboxylic acid groups (broad SMARTS) is 1. The van der Waals surface area contributed by atoms with E-state index in [4.69, 9.17) is 14.4 Å². The summed E-state index contributed by atoms with van der Waals surface area (Å²) in [7, 11) is 1.42. The van der Waals surface area contributed by atoms with Crippen LogP contribution in [0.2, 0.25) is 0 Å². The van der Waals surface area contributed by atoms with Gasteiger partial charge in [-0.15, -0.1) is 0 Å². The first-order valence-electron chi connectivity index (χ1n) is 3.36. The van der Waals surface area contributed by atoms with Crippen molar-refractivity contribution in [2.45, 2.75) is 13.3 Å². The summed E-state index contributed by atoms with van der Waals surface area (Å²) >= 11 is 0. The van der Waals surface area contributed by atoms with Crippen LogP contribution < -0.4 is 4.74 Å². The van der Waals surface area contributed by atoms with Gasteiger partial charge in [0.25, 0.3) is 5.88 Å². The summed E-state index contributed by atoms with van der Waals surface area (Å²) in [5, 5.41) is 12.0. The van der Waals surface area contributed by atoms with E-state index in [-0.39, 0.29) is 12.3 Å². The summed E-state index contributed by atoms with van der Waals surface area (Å²) < 4.78 is 9.55. The van der Waals surface area contributed by atoms with Gasteiger partial charge in [0.15, 0.2) is 0 Å². The van der Waals surface area contributed by atoms with Crippen molar-refractivity contribution in [3.8, 4) is 5.88 Å². The summed E-state index contributed by atoms with van der Waals surface area (Å²) in [5.41, 5.74) is 0.491. The number of methoxy groups -OCH3 is 1. The quantitative estimate of drug-likeness (QED) is 0.721. The fraction of sp³-hybridized carbons (Fsp3) is 0.429. The van der Waals surface area contributed by atoms with Crippen molar-refractivity contribution in [2.24, 2.45) is 0 Å². The molecule has 0 bridgehead atoms. The Morgan fingerprint density at radius 3 is 2.92 bits per heavy atom. The van der Waals surface area contributed by atoms with Gasteiger partial charge < -0.3 is 14.4 Å². The maximum atomic E-state index is 10.4. The molecule has 0 radical (unpaired) electrons. The van der Waals surface area contributed by atoms with Crippen LogP contribution in [-0.4, -0.2) is 23.3 Å². The van der Waals surface area contributed by atoms with Crippen LogP contribution in [0.25, 0.3) is 0 Å². The number of hydrogen-bond donors (Lipinski definition) is 1. The summed E-state index contributed by atoms with van der Waals surface area (Å²) in [5.74, 6) is -0.205. The Hall–Kier alpha value is -1.52. The lowest BCUT2D eigenvalue weighted by molar-refractivity contribution is -0.136. The average Bonchev–Trinajstić information content (AvgIpc) is 2.32. The predicted molar refractivity (Wildman–Crippen MR) is 39.1 cm³/mol. The highest BCUT2D eigenvalue weighted by Gasteiger charge is 2.15. The van der Waals surface area contributed by atoms with Crippen molar-refractivity contribution in [3.05, 3.63) is 11.3 Å². The van der Waals surface area contributed by atoms with E-state index in [0.717, 1.165) is 0 Å². The van der Waals surface area contributed by atoms with Crippen LogP contribution in [0, 0.1) is 6.92 Å². The van der Waals surface area contributed by atoms with Crippen LogP contribution in [-0.2, 0) is 11.2 Å². The van der Waals surface area contributed by atoms with E-state index in [0.29, 0.717) is 11.3 Å². The molecule has 0 amide bonds.